The zero-order valence-corrected chi connectivity index (χ0v) is 11.9. The van der Waals surface area contributed by atoms with Crippen molar-refractivity contribution in [1.29, 1.82) is 0 Å². The highest BCUT2D eigenvalue weighted by Crippen LogP contribution is 2.40. The van der Waals surface area contributed by atoms with E-state index in [9.17, 15) is 18.0 Å². The Morgan fingerprint density at radius 1 is 1.38 bits per heavy atom. The molecular formula is C14H18F3N3O. The molecule has 1 amide bonds. The first-order valence-electron chi connectivity index (χ1n) is 6.66. The molecule has 1 aromatic carbocycles. The first kappa shape index (κ1) is 15.5. The van der Waals surface area contributed by atoms with Crippen LogP contribution in [0, 0.1) is 0 Å². The highest BCUT2D eigenvalue weighted by Gasteiger charge is 2.39. The summed E-state index contributed by atoms with van der Waals surface area (Å²) >= 11 is 0. The van der Waals surface area contributed by atoms with Crippen molar-refractivity contribution in [1.82, 2.24) is 4.90 Å². The Morgan fingerprint density at radius 3 is 2.62 bits per heavy atom. The van der Waals surface area contributed by atoms with Gasteiger partial charge in [-0.05, 0) is 31.0 Å². The Hall–Kier alpha value is -1.92. The number of nitrogen functional groups attached to an aromatic ring is 1. The molecule has 1 atom stereocenters. The summed E-state index contributed by atoms with van der Waals surface area (Å²) in [5, 5.41) is 0. The van der Waals surface area contributed by atoms with Gasteiger partial charge in [-0.2, -0.15) is 13.2 Å². The van der Waals surface area contributed by atoms with Gasteiger partial charge in [-0.1, -0.05) is 0 Å². The van der Waals surface area contributed by atoms with E-state index < -0.39 is 17.8 Å². The number of nitrogens with zero attached hydrogens (tertiary/aromatic N) is 2. The Bertz CT molecular complexity index is 543. The normalized spacial score (nSPS) is 18.9. The van der Waals surface area contributed by atoms with Crippen molar-refractivity contribution in [3.05, 3.63) is 23.8 Å². The number of amides is 1. The van der Waals surface area contributed by atoms with Crippen LogP contribution in [0.5, 0.6) is 0 Å². The lowest BCUT2D eigenvalue weighted by Gasteiger charge is -2.30. The van der Waals surface area contributed by atoms with Gasteiger partial charge in [0.25, 0.3) is 0 Å². The molecule has 0 saturated carbocycles. The molecule has 0 aliphatic carbocycles. The summed E-state index contributed by atoms with van der Waals surface area (Å²) in [7, 11) is 3.21. The van der Waals surface area contributed by atoms with E-state index in [0.29, 0.717) is 19.4 Å². The highest BCUT2D eigenvalue weighted by atomic mass is 19.4. The van der Waals surface area contributed by atoms with Crippen molar-refractivity contribution < 1.29 is 18.0 Å². The number of hydrogen-bond donors (Lipinski definition) is 1. The monoisotopic (exact) mass is 301 g/mol. The minimum absolute atomic E-state index is 0.0226. The highest BCUT2D eigenvalue weighted by molar-refractivity contribution is 5.86. The van der Waals surface area contributed by atoms with Gasteiger partial charge in [0.05, 0.1) is 5.56 Å². The van der Waals surface area contributed by atoms with Gasteiger partial charge in [0.15, 0.2) is 0 Å². The standard InChI is InChI=1S/C14H18F3N3O/c1-19(2)13(21)12-4-3-7-20(12)11-6-5-9(18)8-10(11)14(15,16)17/h5-6,8,12H,3-4,7,18H2,1-2H3. The Kier molecular flexibility index (Phi) is 4.02. The molecule has 116 valence electrons. The van der Waals surface area contributed by atoms with Gasteiger partial charge in [-0.3, -0.25) is 4.79 Å². The minimum Gasteiger partial charge on any atom is -0.399 e. The predicted octanol–water partition coefficient (Wildman–Crippen LogP) is 2.34. The third-order valence-electron chi connectivity index (χ3n) is 3.61. The lowest BCUT2D eigenvalue weighted by Crippen LogP contribution is -2.43. The second-order valence-corrected chi connectivity index (χ2v) is 5.36. The lowest BCUT2D eigenvalue weighted by molar-refractivity contribution is -0.137. The van der Waals surface area contributed by atoms with Crippen LogP contribution in [0.3, 0.4) is 0 Å². The van der Waals surface area contributed by atoms with Crippen molar-refractivity contribution >= 4 is 17.3 Å². The second kappa shape index (κ2) is 5.46. The molecule has 1 aromatic rings. The van der Waals surface area contributed by atoms with Gasteiger partial charge in [-0.15, -0.1) is 0 Å². The summed E-state index contributed by atoms with van der Waals surface area (Å²) in [5.74, 6) is -0.183. The van der Waals surface area contributed by atoms with Crippen molar-refractivity contribution in [2.75, 3.05) is 31.3 Å². The maximum Gasteiger partial charge on any atom is 0.418 e. The smallest absolute Gasteiger partial charge is 0.399 e. The van der Waals surface area contributed by atoms with Gasteiger partial charge in [-0.25, -0.2) is 0 Å². The molecule has 1 aliphatic heterocycles. The molecule has 21 heavy (non-hydrogen) atoms. The first-order chi connectivity index (χ1) is 9.71. The SMILES string of the molecule is CN(C)C(=O)C1CCCN1c1ccc(N)cc1C(F)(F)F. The molecule has 4 nitrogen and oxygen atoms in total. The summed E-state index contributed by atoms with van der Waals surface area (Å²) in [4.78, 5) is 15.1. The third-order valence-corrected chi connectivity index (χ3v) is 3.61. The Balaban J connectivity index is 2.44. The molecule has 1 fully saturated rings. The summed E-state index contributed by atoms with van der Waals surface area (Å²) in [6.45, 7) is 0.428. The number of carbonyl (C=O) groups excluding carboxylic acids is 1. The van der Waals surface area contributed by atoms with Crippen LogP contribution < -0.4 is 10.6 Å². The fourth-order valence-corrected chi connectivity index (χ4v) is 2.64. The van der Waals surface area contributed by atoms with E-state index in [1.165, 1.54) is 21.9 Å². The number of nitrogens with two attached hydrogens (primary N) is 1. The van der Waals surface area contributed by atoms with Gasteiger partial charge >= 0.3 is 6.18 Å². The molecule has 2 rings (SSSR count). The molecule has 7 heteroatoms. The third kappa shape index (κ3) is 3.06. The largest absolute Gasteiger partial charge is 0.418 e. The number of benzene rings is 1. The summed E-state index contributed by atoms with van der Waals surface area (Å²) in [6, 6.07) is 3.15. The molecule has 0 spiro atoms. The molecule has 1 saturated heterocycles. The van der Waals surface area contributed by atoms with Crippen LogP contribution in [0.4, 0.5) is 24.5 Å². The number of alkyl halides is 3. The molecule has 2 N–H and O–H groups in total. The van der Waals surface area contributed by atoms with E-state index in [-0.39, 0.29) is 17.3 Å². The molecule has 1 aliphatic rings. The van der Waals surface area contributed by atoms with Crippen molar-refractivity contribution in [2.24, 2.45) is 0 Å². The Labute approximate surface area is 121 Å². The van der Waals surface area contributed by atoms with Gasteiger partial charge in [0.1, 0.15) is 6.04 Å². The van der Waals surface area contributed by atoms with Crippen LogP contribution in [-0.4, -0.2) is 37.5 Å². The van der Waals surface area contributed by atoms with Crippen LogP contribution in [0.2, 0.25) is 0 Å². The minimum atomic E-state index is -4.50. The van der Waals surface area contributed by atoms with Crippen LogP contribution in [0.15, 0.2) is 18.2 Å². The van der Waals surface area contributed by atoms with E-state index in [4.69, 9.17) is 5.73 Å². The topological polar surface area (TPSA) is 49.6 Å². The first-order valence-corrected chi connectivity index (χ1v) is 6.66. The van der Waals surface area contributed by atoms with Crippen molar-refractivity contribution in [2.45, 2.75) is 25.1 Å². The summed E-state index contributed by atoms with van der Waals surface area (Å²) < 4.78 is 39.6. The van der Waals surface area contributed by atoms with Gasteiger partial charge < -0.3 is 15.5 Å². The quantitative estimate of drug-likeness (QED) is 0.853. The molecular weight excluding hydrogens is 283 g/mol. The van der Waals surface area contributed by atoms with Gasteiger partial charge in [0, 0.05) is 32.0 Å². The van der Waals surface area contributed by atoms with Crippen LogP contribution in [0.25, 0.3) is 0 Å². The van der Waals surface area contributed by atoms with Gasteiger partial charge in [0.2, 0.25) is 5.91 Å². The maximum absolute atomic E-state index is 13.2. The van der Waals surface area contributed by atoms with E-state index >= 15 is 0 Å². The second-order valence-electron chi connectivity index (χ2n) is 5.36. The van der Waals surface area contributed by atoms with E-state index in [1.54, 1.807) is 14.1 Å². The maximum atomic E-state index is 13.2. The molecule has 0 bridgehead atoms. The zero-order valence-electron chi connectivity index (χ0n) is 11.9. The zero-order chi connectivity index (χ0) is 15.8. The fraction of sp³-hybridized carbons (Fsp3) is 0.500. The van der Waals surface area contributed by atoms with Crippen molar-refractivity contribution in [3.63, 3.8) is 0 Å². The molecule has 1 unspecified atom stereocenters. The lowest BCUT2D eigenvalue weighted by atomic mass is 10.1. The average Bonchev–Trinajstić information content (AvgIpc) is 2.85. The Morgan fingerprint density at radius 2 is 2.05 bits per heavy atom. The van der Waals surface area contributed by atoms with Crippen LogP contribution in [-0.2, 0) is 11.0 Å². The summed E-state index contributed by atoms with van der Waals surface area (Å²) in [5.41, 5.74) is 4.76. The number of likely N-dealkylation sites (N-methyl/N-ethyl adjacent to an activating group) is 1. The average molecular weight is 301 g/mol. The number of hydrogen-bond acceptors (Lipinski definition) is 3. The molecule has 0 radical (unpaired) electrons. The van der Waals surface area contributed by atoms with E-state index in [1.807, 2.05) is 0 Å². The van der Waals surface area contributed by atoms with Crippen LogP contribution >= 0.6 is 0 Å². The molecule has 0 aromatic heterocycles. The number of halogens is 3. The van der Waals surface area contributed by atoms with Crippen molar-refractivity contribution in [3.8, 4) is 0 Å². The number of carbonyl (C=O) groups is 1. The van der Waals surface area contributed by atoms with Crippen LogP contribution in [0.1, 0.15) is 18.4 Å². The fourth-order valence-electron chi connectivity index (χ4n) is 2.64. The predicted molar refractivity (Wildman–Crippen MR) is 74.9 cm³/mol. The molecule has 1 heterocycles. The number of rotatable bonds is 2. The number of anilines is 2. The summed E-state index contributed by atoms with van der Waals surface area (Å²) in [6.07, 6.45) is -3.26. The van der Waals surface area contributed by atoms with E-state index in [0.717, 1.165) is 6.07 Å². The van der Waals surface area contributed by atoms with E-state index in [2.05, 4.69) is 0 Å².